The van der Waals surface area contributed by atoms with E-state index < -0.39 is 5.54 Å². The quantitative estimate of drug-likeness (QED) is 0.723. The van der Waals surface area contributed by atoms with Crippen molar-refractivity contribution in [3.05, 3.63) is 71.0 Å². The van der Waals surface area contributed by atoms with Gasteiger partial charge in [-0.25, -0.2) is 4.39 Å². The Kier molecular flexibility index (Phi) is 7.31. The summed E-state index contributed by atoms with van der Waals surface area (Å²) < 4.78 is 13.8. The summed E-state index contributed by atoms with van der Waals surface area (Å²) in [7, 11) is 0. The summed E-state index contributed by atoms with van der Waals surface area (Å²) in [5.74, 6) is -0.623. The zero-order valence-corrected chi connectivity index (χ0v) is 16.9. The van der Waals surface area contributed by atoms with Crippen LogP contribution < -0.4 is 10.6 Å². The van der Waals surface area contributed by atoms with Crippen LogP contribution in [0.1, 0.15) is 50.4 Å². The third kappa shape index (κ3) is 5.40. The molecule has 2 atom stereocenters. The number of halogens is 1. The molecule has 0 bridgehead atoms. The van der Waals surface area contributed by atoms with Crippen LogP contribution >= 0.6 is 0 Å². The van der Waals surface area contributed by atoms with Crippen molar-refractivity contribution in [2.75, 3.05) is 6.54 Å². The van der Waals surface area contributed by atoms with Crippen molar-refractivity contribution in [3.8, 4) is 6.07 Å². The van der Waals surface area contributed by atoms with E-state index in [1.807, 2.05) is 44.2 Å². The maximum atomic E-state index is 13.8. The number of nitrogens with one attached hydrogen (secondary N) is 2. The van der Waals surface area contributed by atoms with E-state index in [1.165, 1.54) is 17.7 Å². The molecule has 2 aromatic carbocycles. The molecule has 4 nitrogen and oxygen atoms in total. The molecule has 5 heteroatoms. The largest absolute Gasteiger partial charge is 0.337 e. The zero-order valence-electron chi connectivity index (χ0n) is 16.9. The van der Waals surface area contributed by atoms with Crippen LogP contribution in [0.4, 0.5) is 4.39 Å². The first-order valence-electron chi connectivity index (χ1n) is 9.59. The molecule has 148 valence electrons. The number of hydrogen-bond donors (Lipinski definition) is 2. The lowest BCUT2D eigenvalue weighted by Gasteiger charge is -2.28. The molecule has 0 aliphatic rings. The van der Waals surface area contributed by atoms with Gasteiger partial charge in [-0.15, -0.1) is 0 Å². The van der Waals surface area contributed by atoms with E-state index in [9.17, 15) is 14.4 Å². The molecule has 0 saturated heterocycles. The highest BCUT2D eigenvalue weighted by Crippen LogP contribution is 2.23. The smallest absolute Gasteiger partial charge is 0.235 e. The second kappa shape index (κ2) is 9.48. The SMILES string of the molecule is CCc1ccc([C@H](NCC(=O)N[C@](C)(C#N)C(C)C)c2cccc(F)c2)cc1. The Morgan fingerprint density at radius 3 is 2.39 bits per heavy atom. The average Bonchev–Trinajstić information content (AvgIpc) is 2.68. The molecule has 0 unspecified atom stereocenters. The van der Waals surface area contributed by atoms with Crippen molar-refractivity contribution < 1.29 is 9.18 Å². The second-order valence-corrected chi connectivity index (χ2v) is 7.48. The van der Waals surface area contributed by atoms with E-state index in [1.54, 1.807) is 13.0 Å². The number of amides is 1. The summed E-state index contributed by atoms with van der Waals surface area (Å²) in [4.78, 5) is 12.5. The minimum Gasteiger partial charge on any atom is -0.337 e. The number of hydrogen-bond acceptors (Lipinski definition) is 3. The fourth-order valence-electron chi connectivity index (χ4n) is 2.89. The Morgan fingerprint density at radius 2 is 1.86 bits per heavy atom. The summed E-state index contributed by atoms with van der Waals surface area (Å²) >= 11 is 0. The summed E-state index contributed by atoms with van der Waals surface area (Å²) in [5.41, 5.74) is 1.96. The Hall–Kier alpha value is -2.71. The average molecular weight is 381 g/mol. The number of nitriles is 1. The Morgan fingerprint density at radius 1 is 1.18 bits per heavy atom. The van der Waals surface area contributed by atoms with E-state index in [0.29, 0.717) is 0 Å². The summed E-state index contributed by atoms with van der Waals surface area (Å²) in [6.07, 6.45) is 0.933. The number of benzene rings is 2. The van der Waals surface area contributed by atoms with Crippen molar-refractivity contribution in [3.63, 3.8) is 0 Å². The van der Waals surface area contributed by atoms with Gasteiger partial charge in [0.1, 0.15) is 11.4 Å². The van der Waals surface area contributed by atoms with Gasteiger partial charge in [0, 0.05) is 0 Å². The van der Waals surface area contributed by atoms with Crippen LogP contribution in [0.3, 0.4) is 0 Å². The first-order valence-corrected chi connectivity index (χ1v) is 9.59. The van der Waals surface area contributed by atoms with E-state index in [4.69, 9.17) is 0 Å². The van der Waals surface area contributed by atoms with Gasteiger partial charge < -0.3 is 5.32 Å². The van der Waals surface area contributed by atoms with Crippen LogP contribution in [0.25, 0.3) is 0 Å². The van der Waals surface area contributed by atoms with Crippen LogP contribution in [-0.4, -0.2) is 18.0 Å². The molecule has 0 spiro atoms. The minimum atomic E-state index is -0.935. The lowest BCUT2D eigenvalue weighted by molar-refractivity contribution is -0.121. The Bertz CT molecular complexity index is 842. The van der Waals surface area contributed by atoms with Crippen LogP contribution in [0, 0.1) is 23.1 Å². The van der Waals surface area contributed by atoms with Gasteiger partial charge in [-0.2, -0.15) is 5.26 Å². The van der Waals surface area contributed by atoms with Gasteiger partial charge >= 0.3 is 0 Å². The predicted octanol–water partition coefficient (Wildman–Crippen LogP) is 4.12. The van der Waals surface area contributed by atoms with E-state index in [2.05, 4.69) is 23.6 Å². The van der Waals surface area contributed by atoms with E-state index in [-0.39, 0.29) is 30.2 Å². The molecule has 2 N–H and O–H groups in total. The highest BCUT2D eigenvalue weighted by Gasteiger charge is 2.30. The second-order valence-electron chi connectivity index (χ2n) is 7.48. The predicted molar refractivity (Wildman–Crippen MR) is 109 cm³/mol. The fourth-order valence-corrected chi connectivity index (χ4v) is 2.89. The molecule has 0 fully saturated rings. The first-order chi connectivity index (χ1) is 13.3. The highest BCUT2D eigenvalue weighted by atomic mass is 19.1. The molecule has 0 saturated carbocycles. The number of aryl methyl sites for hydroxylation is 1. The van der Waals surface area contributed by atoms with Gasteiger partial charge in [0.25, 0.3) is 0 Å². The monoisotopic (exact) mass is 381 g/mol. The molecular weight excluding hydrogens is 353 g/mol. The third-order valence-corrected chi connectivity index (χ3v) is 5.16. The maximum absolute atomic E-state index is 13.8. The molecule has 0 radical (unpaired) electrons. The van der Waals surface area contributed by atoms with Crippen molar-refractivity contribution in [1.82, 2.24) is 10.6 Å². The first kappa shape index (κ1) is 21.6. The van der Waals surface area contributed by atoms with Crippen LogP contribution in [0.15, 0.2) is 48.5 Å². The standard InChI is InChI=1S/C23H28FN3O/c1-5-17-9-11-18(12-10-17)22(19-7-6-8-20(24)13-19)26-14-21(28)27-23(4,15-25)16(2)3/h6-13,16,22,26H,5,14H2,1-4H3,(H,27,28)/t22-,23+/m0/s1. The van der Waals surface area contributed by atoms with Crippen molar-refractivity contribution >= 4 is 5.91 Å². The zero-order chi connectivity index (χ0) is 20.7. The molecule has 0 heterocycles. The van der Waals surface area contributed by atoms with Crippen LogP contribution in [0.2, 0.25) is 0 Å². The van der Waals surface area contributed by atoms with Crippen molar-refractivity contribution in [2.24, 2.45) is 5.92 Å². The Labute approximate surface area is 166 Å². The van der Waals surface area contributed by atoms with E-state index in [0.717, 1.165) is 17.5 Å². The normalized spacial score (nSPS) is 14.2. The molecule has 0 aliphatic heterocycles. The highest BCUT2D eigenvalue weighted by molar-refractivity contribution is 5.79. The molecule has 2 aromatic rings. The van der Waals surface area contributed by atoms with Gasteiger partial charge in [0.2, 0.25) is 5.91 Å². The molecule has 0 aliphatic carbocycles. The van der Waals surface area contributed by atoms with Gasteiger partial charge in [0.15, 0.2) is 0 Å². The van der Waals surface area contributed by atoms with Gasteiger partial charge in [-0.1, -0.05) is 57.2 Å². The fraction of sp³-hybridized carbons (Fsp3) is 0.391. The molecule has 1 amide bonds. The molecular formula is C23H28FN3O. The van der Waals surface area contributed by atoms with Gasteiger partial charge in [-0.05, 0) is 48.1 Å². The Balaban J connectivity index is 2.20. The number of carbonyl (C=O) groups is 1. The molecule has 2 rings (SSSR count). The molecule has 0 aromatic heterocycles. The lowest BCUT2D eigenvalue weighted by atomic mass is 9.90. The number of nitrogens with zero attached hydrogens (tertiary/aromatic N) is 1. The third-order valence-electron chi connectivity index (χ3n) is 5.16. The molecule has 28 heavy (non-hydrogen) atoms. The van der Waals surface area contributed by atoms with Crippen LogP contribution in [0.5, 0.6) is 0 Å². The van der Waals surface area contributed by atoms with Crippen LogP contribution in [-0.2, 0) is 11.2 Å². The summed E-state index contributed by atoms with van der Waals surface area (Å²) in [6.45, 7) is 7.59. The van der Waals surface area contributed by atoms with Crippen molar-refractivity contribution in [2.45, 2.75) is 45.7 Å². The van der Waals surface area contributed by atoms with Gasteiger partial charge in [0.05, 0.1) is 18.7 Å². The van der Waals surface area contributed by atoms with Gasteiger partial charge in [-0.3, -0.25) is 10.1 Å². The maximum Gasteiger partial charge on any atom is 0.235 e. The topological polar surface area (TPSA) is 64.9 Å². The van der Waals surface area contributed by atoms with Crippen molar-refractivity contribution in [1.29, 1.82) is 5.26 Å². The number of carbonyl (C=O) groups excluding carboxylic acids is 1. The van der Waals surface area contributed by atoms with E-state index >= 15 is 0 Å². The summed E-state index contributed by atoms with van der Waals surface area (Å²) in [5, 5.41) is 15.4. The minimum absolute atomic E-state index is 0.0146. The lowest BCUT2D eigenvalue weighted by Crippen LogP contribution is -2.51. The summed E-state index contributed by atoms with van der Waals surface area (Å²) in [6, 6.07) is 16.3. The number of rotatable bonds is 8.